The first-order chi connectivity index (χ1) is 13.9. The van der Waals surface area contributed by atoms with Crippen LogP contribution in [0.2, 0.25) is 0 Å². The van der Waals surface area contributed by atoms with Crippen LogP contribution in [0.5, 0.6) is 0 Å². The third-order valence-corrected chi connectivity index (χ3v) is 4.67. The fraction of sp³-hybridized carbons (Fsp3) is 0. The van der Waals surface area contributed by atoms with Crippen molar-refractivity contribution in [2.75, 3.05) is 0 Å². The van der Waals surface area contributed by atoms with Crippen LogP contribution in [0.4, 0.5) is 8.78 Å². The molecule has 6 heteroatoms. The Hall–Kier alpha value is -3.93. The zero-order chi connectivity index (χ0) is 20.7. The second-order valence-electron chi connectivity index (χ2n) is 6.43. The molecular weight excluding hydrogens is 378 g/mol. The molecular formula is C23H11F2O4-. The molecule has 0 aromatic heterocycles. The second kappa shape index (κ2) is 6.91. The number of ketones is 3. The van der Waals surface area contributed by atoms with Crippen LogP contribution in [0, 0.1) is 11.6 Å². The number of fused-ring (bicyclic) bond motifs is 2. The van der Waals surface area contributed by atoms with Crippen LogP contribution >= 0.6 is 0 Å². The van der Waals surface area contributed by atoms with Gasteiger partial charge in [-0.25, -0.2) is 8.78 Å². The molecule has 0 amide bonds. The van der Waals surface area contributed by atoms with E-state index in [1.165, 1.54) is 42.5 Å². The van der Waals surface area contributed by atoms with E-state index in [1.807, 2.05) is 0 Å². The topological polar surface area (TPSA) is 74.3 Å². The average Bonchev–Trinajstić information content (AvgIpc) is 3.07. The number of benzene rings is 2. The lowest BCUT2D eigenvalue weighted by atomic mass is 10.1. The number of hydrogen-bond acceptors (Lipinski definition) is 4. The maximum Gasteiger partial charge on any atom is 0.197 e. The van der Waals surface area contributed by atoms with Gasteiger partial charge in [0.05, 0.1) is 5.57 Å². The maximum absolute atomic E-state index is 13.3. The SMILES string of the molecule is O=C1C(=CC=CC=CC2=C([O-])c3cc(F)ccc3C2=O)C(=O)c2cc(F)ccc21. The van der Waals surface area contributed by atoms with Gasteiger partial charge in [-0.2, -0.15) is 0 Å². The van der Waals surface area contributed by atoms with Crippen molar-refractivity contribution in [2.24, 2.45) is 0 Å². The van der Waals surface area contributed by atoms with Gasteiger partial charge in [0.15, 0.2) is 17.3 Å². The van der Waals surface area contributed by atoms with Gasteiger partial charge in [0.25, 0.3) is 0 Å². The maximum atomic E-state index is 13.3. The normalized spacial score (nSPS) is 17.3. The predicted octanol–water partition coefficient (Wildman–Crippen LogP) is 3.35. The molecule has 0 radical (unpaired) electrons. The monoisotopic (exact) mass is 389 g/mol. The third-order valence-electron chi connectivity index (χ3n) is 4.67. The number of carbonyl (C=O) groups is 3. The molecule has 4 rings (SSSR count). The Morgan fingerprint density at radius 2 is 1.28 bits per heavy atom. The number of Topliss-reactive ketones (excluding diaryl/α,β-unsaturated/α-hetero) is 3. The van der Waals surface area contributed by atoms with Crippen LogP contribution in [0.1, 0.15) is 36.6 Å². The highest BCUT2D eigenvalue weighted by atomic mass is 19.1. The molecule has 4 nitrogen and oxygen atoms in total. The molecule has 0 fully saturated rings. The summed E-state index contributed by atoms with van der Waals surface area (Å²) in [5, 5.41) is 12.2. The largest absolute Gasteiger partial charge is 0.872 e. The number of halogens is 2. The van der Waals surface area contributed by atoms with Crippen molar-refractivity contribution in [3.8, 4) is 0 Å². The summed E-state index contributed by atoms with van der Waals surface area (Å²) in [5.41, 5.74) is 0.141. The van der Waals surface area contributed by atoms with Crippen molar-refractivity contribution in [3.63, 3.8) is 0 Å². The first-order valence-electron chi connectivity index (χ1n) is 8.58. The van der Waals surface area contributed by atoms with E-state index in [4.69, 9.17) is 0 Å². The fourth-order valence-electron chi connectivity index (χ4n) is 3.26. The summed E-state index contributed by atoms with van der Waals surface area (Å²) in [6, 6.07) is 6.81. The van der Waals surface area contributed by atoms with Gasteiger partial charge in [-0.3, -0.25) is 14.4 Å². The smallest absolute Gasteiger partial charge is 0.197 e. The van der Waals surface area contributed by atoms with Crippen LogP contribution in [0.25, 0.3) is 5.76 Å². The van der Waals surface area contributed by atoms with Gasteiger partial charge in [0.1, 0.15) is 11.6 Å². The summed E-state index contributed by atoms with van der Waals surface area (Å²) in [6.45, 7) is 0. The highest BCUT2D eigenvalue weighted by Gasteiger charge is 2.32. The number of carbonyl (C=O) groups excluding carboxylic acids is 3. The molecule has 0 bridgehead atoms. The van der Waals surface area contributed by atoms with Crippen LogP contribution < -0.4 is 5.11 Å². The van der Waals surface area contributed by atoms with E-state index >= 15 is 0 Å². The van der Waals surface area contributed by atoms with Gasteiger partial charge >= 0.3 is 0 Å². The minimum absolute atomic E-state index is 0.0212. The molecule has 2 aromatic carbocycles. The predicted molar refractivity (Wildman–Crippen MR) is 99.1 cm³/mol. The molecule has 142 valence electrons. The van der Waals surface area contributed by atoms with E-state index in [0.29, 0.717) is 0 Å². The number of allylic oxidation sites excluding steroid dienone is 7. The molecule has 0 heterocycles. The van der Waals surface area contributed by atoms with E-state index in [1.54, 1.807) is 0 Å². The fourth-order valence-corrected chi connectivity index (χ4v) is 3.26. The lowest BCUT2D eigenvalue weighted by molar-refractivity contribution is -0.244. The van der Waals surface area contributed by atoms with Crippen LogP contribution in [-0.2, 0) is 0 Å². The third kappa shape index (κ3) is 3.04. The second-order valence-corrected chi connectivity index (χ2v) is 6.43. The van der Waals surface area contributed by atoms with Crippen molar-refractivity contribution < 1.29 is 28.3 Å². The number of rotatable bonds is 3. The Labute approximate surface area is 163 Å². The van der Waals surface area contributed by atoms with Gasteiger partial charge < -0.3 is 5.11 Å². The van der Waals surface area contributed by atoms with Gasteiger partial charge in [-0.05, 0) is 48.0 Å². The molecule has 0 N–H and O–H groups in total. The van der Waals surface area contributed by atoms with E-state index in [-0.39, 0.29) is 33.4 Å². The summed E-state index contributed by atoms with van der Waals surface area (Å²) >= 11 is 0. The minimum atomic E-state index is -0.603. The highest BCUT2D eigenvalue weighted by molar-refractivity contribution is 6.39. The Bertz CT molecular complexity index is 1230. The Morgan fingerprint density at radius 3 is 1.97 bits per heavy atom. The van der Waals surface area contributed by atoms with Crippen molar-refractivity contribution in [1.29, 1.82) is 0 Å². The minimum Gasteiger partial charge on any atom is -0.872 e. The summed E-state index contributed by atoms with van der Waals surface area (Å²) in [6.07, 6.45) is 6.83. The van der Waals surface area contributed by atoms with Gasteiger partial charge in [-0.1, -0.05) is 30.1 Å². The van der Waals surface area contributed by atoms with E-state index < -0.39 is 34.7 Å². The van der Waals surface area contributed by atoms with E-state index in [2.05, 4.69) is 0 Å². The summed E-state index contributed by atoms with van der Waals surface area (Å²) < 4.78 is 26.6. The molecule has 0 unspecified atom stereocenters. The summed E-state index contributed by atoms with van der Waals surface area (Å²) in [7, 11) is 0. The van der Waals surface area contributed by atoms with Crippen LogP contribution in [0.3, 0.4) is 0 Å². The first-order valence-corrected chi connectivity index (χ1v) is 8.58. The Balaban J connectivity index is 1.53. The lowest BCUT2D eigenvalue weighted by Gasteiger charge is -2.08. The summed E-state index contributed by atoms with van der Waals surface area (Å²) in [4.78, 5) is 36.7. The molecule has 0 saturated carbocycles. The van der Waals surface area contributed by atoms with Gasteiger partial charge in [0.2, 0.25) is 0 Å². The average molecular weight is 389 g/mol. The van der Waals surface area contributed by atoms with E-state index in [0.717, 1.165) is 24.3 Å². The van der Waals surface area contributed by atoms with Crippen molar-refractivity contribution in [1.82, 2.24) is 0 Å². The van der Waals surface area contributed by atoms with Crippen LogP contribution in [0.15, 0.2) is 77.9 Å². The highest BCUT2D eigenvalue weighted by Crippen LogP contribution is 2.30. The van der Waals surface area contributed by atoms with Crippen molar-refractivity contribution in [2.45, 2.75) is 0 Å². The molecule has 0 saturated heterocycles. The molecule has 0 spiro atoms. The summed E-state index contributed by atoms with van der Waals surface area (Å²) in [5.74, 6) is -3.32. The van der Waals surface area contributed by atoms with Crippen molar-refractivity contribution >= 4 is 23.1 Å². The Kier molecular flexibility index (Phi) is 4.39. The molecule has 2 aliphatic carbocycles. The molecule has 2 aliphatic rings. The molecule has 0 aliphatic heterocycles. The molecule has 0 atom stereocenters. The standard InChI is InChI=1S/C23H12F2O4/c24-12-6-8-14-18(10-12)22(28)16(20(14)26)4-2-1-3-5-17-21(27)15-9-7-13(25)11-19(15)23(17)29/h1-11,28H/p-1. The van der Waals surface area contributed by atoms with Crippen LogP contribution in [-0.4, -0.2) is 17.3 Å². The van der Waals surface area contributed by atoms with Gasteiger partial charge in [-0.15, -0.1) is 0 Å². The zero-order valence-corrected chi connectivity index (χ0v) is 14.7. The number of hydrogen-bond donors (Lipinski definition) is 0. The molecule has 29 heavy (non-hydrogen) atoms. The zero-order valence-electron chi connectivity index (χ0n) is 14.7. The Morgan fingerprint density at radius 1 is 0.690 bits per heavy atom. The van der Waals surface area contributed by atoms with Crippen molar-refractivity contribution in [3.05, 3.63) is 112 Å². The lowest BCUT2D eigenvalue weighted by Crippen LogP contribution is -2.02. The van der Waals surface area contributed by atoms with E-state index in [9.17, 15) is 28.3 Å². The quantitative estimate of drug-likeness (QED) is 0.458. The molecule has 2 aromatic rings. The van der Waals surface area contributed by atoms with Gasteiger partial charge in [0, 0.05) is 22.3 Å². The first kappa shape index (κ1) is 18.4.